The number of esters is 2. The molecular weight excluding hydrogens is 496 g/mol. The molecule has 2 aliphatic rings. The summed E-state index contributed by atoms with van der Waals surface area (Å²) in [6, 6.07) is 1.74. The summed E-state index contributed by atoms with van der Waals surface area (Å²) < 4.78 is 16.6. The van der Waals surface area contributed by atoms with Gasteiger partial charge in [-0.2, -0.15) is 0 Å². The highest BCUT2D eigenvalue weighted by atomic mass is 32.2. The van der Waals surface area contributed by atoms with E-state index in [4.69, 9.17) is 14.2 Å². The van der Waals surface area contributed by atoms with Crippen LogP contribution in [0.4, 0.5) is 4.79 Å². The van der Waals surface area contributed by atoms with Gasteiger partial charge in [-0.3, -0.25) is 29.0 Å². The van der Waals surface area contributed by atoms with Gasteiger partial charge < -0.3 is 24.1 Å². The molecule has 0 saturated carbocycles. The summed E-state index contributed by atoms with van der Waals surface area (Å²) in [6.07, 6.45) is 2.22. The van der Waals surface area contributed by atoms with Crippen molar-refractivity contribution in [2.45, 2.75) is 31.8 Å². The van der Waals surface area contributed by atoms with Crippen molar-refractivity contribution in [3.8, 4) is 0 Å². The van der Waals surface area contributed by atoms with Crippen LogP contribution in [0.25, 0.3) is 0 Å². The Hall–Kier alpha value is -3.81. The van der Waals surface area contributed by atoms with E-state index < -0.39 is 48.0 Å². The summed E-state index contributed by atoms with van der Waals surface area (Å²) in [5, 5.41) is 2.07. The topological polar surface area (TPSA) is 154 Å². The zero-order valence-electron chi connectivity index (χ0n) is 19.9. The minimum Gasteiger partial charge on any atom is -0.461 e. The van der Waals surface area contributed by atoms with Gasteiger partial charge in [0.25, 0.3) is 5.91 Å². The zero-order chi connectivity index (χ0) is 26.4. The largest absolute Gasteiger partial charge is 0.461 e. The van der Waals surface area contributed by atoms with Crippen LogP contribution in [0, 0.1) is 0 Å². The number of hydrogen-bond acceptors (Lipinski definition) is 10. The van der Waals surface area contributed by atoms with Crippen molar-refractivity contribution in [2.75, 3.05) is 32.7 Å². The summed E-state index contributed by atoms with van der Waals surface area (Å²) in [7, 11) is 1.38. The quantitative estimate of drug-likeness (QED) is 0.197. The number of ether oxygens (including phenoxy) is 3. The molecule has 3 amide bonds. The lowest BCUT2D eigenvalue weighted by Crippen LogP contribution is -2.71. The molecular formula is C22H26N4O9S. The van der Waals surface area contributed by atoms with E-state index in [1.807, 2.05) is 0 Å². The SMILES string of the molecule is CCOC(=O)N(C)COC(=O)C1=C(COC(C)=O)CS[C@@H]2[C@H](NC(=O)Cn3ccc(=O)cc3)C(=O)N12. The van der Waals surface area contributed by atoms with Crippen LogP contribution in [0.2, 0.25) is 0 Å². The third-order valence-electron chi connectivity index (χ3n) is 5.16. The fraction of sp³-hybridized carbons (Fsp3) is 0.455. The maximum atomic E-state index is 13.0. The molecule has 0 unspecified atom stereocenters. The molecule has 1 saturated heterocycles. The zero-order valence-corrected chi connectivity index (χ0v) is 20.7. The Labute approximate surface area is 210 Å². The second-order valence-electron chi connectivity index (χ2n) is 7.85. The molecule has 3 heterocycles. The van der Waals surface area contributed by atoms with Crippen molar-refractivity contribution in [2.24, 2.45) is 0 Å². The Kier molecular flexibility index (Phi) is 8.74. The molecule has 36 heavy (non-hydrogen) atoms. The number of nitrogens with zero attached hydrogens (tertiary/aromatic N) is 3. The highest BCUT2D eigenvalue weighted by Crippen LogP contribution is 2.40. The molecule has 0 aromatic carbocycles. The van der Waals surface area contributed by atoms with Crippen LogP contribution in [0.1, 0.15) is 13.8 Å². The second-order valence-corrected chi connectivity index (χ2v) is 8.96. The van der Waals surface area contributed by atoms with Gasteiger partial charge in [0.15, 0.2) is 12.2 Å². The number of nitrogens with one attached hydrogen (secondary N) is 1. The van der Waals surface area contributed by atoms with Crippen LogP contribution in [-0.4, -0.2) is 88.4 Å². The van der Waals surface area contributed by atoms with Crippen molar-refractivity contribution < 1.29 is 38.2 Å². The molecule has 3 rings (SSSR count). The molecule has 2 atom stereocenters. The smallest absolute Gasteiger partial charge is 0.412 e. The molecule has 0 bridgehead atoms. The average Bonchev–Trinajstić information content (AvgIpc) is 2.85. The molecule has 14 heteroatoms. The Bertz CT molecular complexity index is 1130. The summed E-state index contributed by atoms with van der Waals surface area (Å²) in [4.78, 5) is 74.9. The van der Waals surface area contributed by atoms with Gasteiger partial charge in [-0.05, 0) is 6.92 Å². The summed E-state index contributed by atoms with van der Waals surface area (Å²) >= 11 is 1.29. The molecule has 0 spiro atoms. The van der Waals surface area contributed by atoms with Crippen molar-refractivity contribution >= 4 is 41.6 Å². The molecule has 0 aliphatic carbocycles. The van der Waals surface area contributed by atoms with E-state index in [2.05, 4.69) is 5.32 Å². The van der Waals surface area contributed by atoms with Crippen LogP contribution in [-0.2, 0) is 39.9 Å². The molecule has 1 aromatic heterocycles. The molecule has 194 valence electrons. The molecule has 2 aliphatic heterocycles. The number of hydrogen-bond donors (Lipinski definition) is 1. The highest BCUT2D eigenvalue weighted by molar-refractivity contribution is 8.00. The first-order chi connectivity index (χ1) is 17.1. The van der Waals surface area contributed by atoms with Crippen LogP contribution in [0.15, 0.2) is 40.6 Å². The number of carbonyl (C=O) groups excluding carboxylic acids is 5. The van der Waals surface area contributed by atoms with Crippen molar-refractivity contribution in [1.29, 1.82) is 0 Å². The van der Waals surface area contributed by atoms with Gasteiger partial charge >= 0.3 is 18.0 Å². The van der Waals surface area contributed by atoms with E-state index in [1.165, 1.54) is 59.7 Å². The number of aromatic nitrogens is 1. The first-order valence-corrected chi connectivity index (χ1v) is 12.0. The predicted molar refractivity (Wildman–Crippen MR) is 125 cm³/mol. The molecule has 0 radical (unpaired) electrons. The normalized spacial score (nSPS) is 18.5. The highest BCUT2D eigenvalue weighted by Gasteiger charge is 2.54. The number of thioether (sulfide) groups is 1. The first-order valence-electron chi connectivity index (χ1n) is 10.9. The summed E-state index contributed by atoms with van der Waals surface area (Å²) in [6.45, 7) is 2.24. The monoisotopic (exact) mass is 522 g/mol. The molecule has 1 aromatic rings. The van der Waals surface area contributed by atoms with Gasteiger partial charge in [0.2, 0.25) is 5.91 Å². The van der Waals surface area contributed by atoms with Crippen LogP contribution in [0.5, 0.6) is 0 Å². The maximum Gasteiger partial charge on any atom is 0.412 e. The average molecular weight is 523 g/mol. The third kappa shape index (κ3) is 6.24. The van der Waals surface area contributed by atoms with E-state index in [0.717, 1.165) is 4.90 Å². The number of amides is 3. The van der Waals surface area contributed by atoms with Gasteiger partial charge in [-0.1, -0.05) is 0 Å². The van der Waals surface area contributed by atoms with Crippen molar-refractivity contribution in [3.63, 3.8) is 0 Å². The standard InChI is InChI=1S/C22H26N4O9S/c1-4-33-22(32)24(3)12-35-21(31)18-14(10-34-13(2)27)11-36-20-17(19(30)26(18)20)23-16(29)9-25-7-5-15(28)6-8-25/h5-8,17,20H,4,9-12H2,1-3H3,(H,23,29)/t17-,20-/m1/s1. The van der Waals surface area contributed by atoms with E-state index in [0.29, 0.717) is 5.57 Å². The number of carbonyl (C=O) groups is 5. The summed E-state index contributed by atoms with van der Waals surface area (Å²) in [5.41, 5.74) is 0.0778. The Morgan fingerprint density at radius 2 is 1.83 bits per heavy atom. The minimum atomic E-state index is -0.887. The van der Waals surface area contributed by atoms with E-state index in [9.17, 15) is 28.8 Å². The Morgan fingerprint density at radius 1 is 1.14 bits per heavy atom. The van der Waals surface area contributed by atoms with E-state index in [-0.39, 0.29) is 36.6 Å². The maximum absolute atomic E-state index is 13.0. The van der Waals surface area contributed by atoms with Crippen LogP contribution < -0.4 is 10.7 Å². The van der Waals surface area contributed by atoms with Crippen molar-refractivity contribution in [3.05, 3.63) is 46.0 Å². The lowest BCUT2D eigenvalue weighted by Gasteiger charge is -2.49. The fourth-order valence-corrected chi connectivity index (χ4v) is 4.74. The van der Waals surface area contributed by atoms with Gasteiger partial charge in [-0.25, -0.2) is 9.59 Å². The lowest BCUT2D eigenvalue weighted by molar-refractivity contribution is -0.154. The fourth-order valence-electron chi connectivity index (χ4n) is 3.42. The first kappa shape index (κ1) is 26.8. The predicted octanol–water partition coefficient (Wildman–Crippen LogP) is -0.346. The number of pyridine rings is 1. The lowest BCUT2D eigenvalue weighted by atomic mass is 10.0. The van der Waals surface area contributed by atoms with Gasteiger partial charge in [-0.15, -0.1) is 11.8 Å². The van der Waals surface area contributed by atoms with Crippen LogP contribution in [0.3, 0.4) is 0 Å². The molecule has 1 fully saturated rings. The number of β-lactam (4-membered cyclic amide) rings is 1. The molecule has 1 N–H and O–H groups in total. The van der Waals surface area contributed by atoms with Gasteiger partial charge in [0, 0.05) is 49.8 Å². The minimum absolute atomic E-state index is 0.0897. The Morgan fingerprint density at radius 3 is 2.47 bits per heavy atom. The molecule has 13 nitrogen and oxygen atoms in total. The van der Waals surface area contributed by atoms with Gasteiger partial charge in [0.1, 0.15) is 30.3 Å². The van der Waals surface area contributed by atoms with Crippen molar-refractivity contribution in [1.82, 2.24) is 19.7 Å². The summed E-state index contributed by atoms with van der Waals surface area (Å²) in [5.74, 6) is -2.19. The van der Waals surface area contributed by atoms with E-state index >= 15 is 0 Å². The van der Waals surface area contributed by atoms with Crippen LogP contribution >= 0.6 is 11.8 Å². The second kappa shape index (κ2) is 11.7. The number of fused-ring (bicyclic) bond motifs is 1. The Balaban J connectivity index is 1.71. The third-order valence-corrected chi connectivity index (χ3v) is 6.50. The number of rotatable bonds is 9. The van der Waals surface area contributed by atoms with E-state index in [1.54, 1.807) is 6.92 Å². The van der Waals surface area contributed by atoms with Gasteiger partial charge in [0.05, 0.1) is 6.61 Å².